The van der Waals surface area contributed by atoms with Crippen LogP contribution in [0.5, 0.6) is 0 Å². The van der Waals surface area contributed by atoms with E-state index in [1.165, 1.54) is 7.11 Å². The summed E-state index contributed by atoms with van der Waals surface area (Å²) in [5.41, 5.74) is 0.786. The normalized spacial score (nSPS) is 10.8. The largest absolute Gasteiger partial charge is 1.00 e. The molecular formula is C15H18NNaO6. The van der Waals surface area contributed by atoms with E-state index >= 15 is 0 Å². The number of carbonyl (C=O) groups is 3. The van der Waals surface area contributed by atoms with Crippen molar-refractivity contribution < 1.29 is 58.5 Å². The van der Waals surface area contributed by atoms with Crippen LogP contribution in [0.15, 0.2) is 30.3 Å². The standard InChI is InChI=1S/C15H19NO6.Na/c1-21-13(17)9-5-8-12(14(18)19)16-15(20)22-10-11-6-3-2-4-7-11;/h2-4,6-7,12H,5,8-10H2,1H3,(H,16,20)(H,18,19);/q;+1/p-1/t12-;/m0./s1. The number of rotatable bonds is 8. The van der Waals surface area contributed by atoms with Crippen LogP contribution in [0, 0.1) is 0 Å². The third kappa shape index (κ3) is 9.22. The van der Waals surface area contributed by atoms with Crippen molar-refractivity contribution in [2.45, 2.75) is 31.9 Å². The molecule has 1 aromatic carbocycles. The van der Waals surface area contributed by atoms with Gasteiger partial charge in [-0.15, -0.1) is 0 Å². The minimum Gasteiger partial charge on any atom is -0.548 e. The van der Waals surface area contributed by atoms with E-state index in [4.69, 9.17) is 4.74 Å². The zero-order valence-electron chi connectivity index (χ0n) is 13.2. The summed E-state index contributed by atoms with van der Waals surface area (Å²) in [5.74, 6) is -1.87. The van der Waals surface area contributed by atoms with Crippen molar-refractivity contribution in [3.63, 3.8) is 0 Å². The average Bonchev–Trinajstić information content (AvgIpc) is 2.52. The van der Waals surface area contributed by atoms with Gasteiger partial charge in [-0.1, -0.05) is 30.3 Å². The van der Waals surface area contributed by atoms with Gasteiger partial charge in [-0.2, -0.15) is 0 Å². The fourth-order valence-corrected chi connectivity index (χ4v) is 1.71. The van der Waals surface area contributed by atoms with Gasteiger partial charge in [-0.25, -0.2) is 4.79 Å². The van der Waals surface area contributed by atoms with E-state index in [0.717, 1.165) is 5.56 Å². The summed E-state index contributed by atoms with van der Waals surface area (Å²) >= 11 is 0. The maximum absolute atomic E-state index is 11.6. The fraction of sp³-hybridized carbons (Fsp3) is 0.400. The van der Waals surface area contributed by atoms with E-state index in [2.05, 4.69) is 10.1 Å². The van der Waals surface area contributed by atoms with Gasteiger partial charge < -0.3 is 24.7 Å². The Bertz CT molecular complexity index is 508. The van der Waals surface area contributed by atoms with Crippen molar-refractivity contribution >= 4 is 18.0 Å². The Morgan fingerprint density at radius 1 is 1.22 bits per heavy atom. The number of aliphatic carboxylic acids is 1. The molecule has 0 saturated heterocycles. The quantitative estimate of drug-likeness (QED) is 0.413. The van der Waals surface area contributed by atoms with Gasteiger partial charge in [0.2, 0.25) is 0 Å². The number of amides is 1. The smallest absolute Gasteiger partial charge is 0.548 e. The number of carboxylic acids is 1. The van der Waals surface area contributed by atoms with Crippen LogP contribution >= 0.6 is 0 Å². The predicted octanol–water partition coefficient (Wildman–Crippen LogP) is -2.62. The summed E-state index contributed by atoms with van der Waals surface area (Å²) in [4.78, 5) is 33.5. The molecule has 0 heterocycles. The number of hydrogen-bond acceptors (Lipinski definition) is 6. The van der Waals surface area contributed by atoms with Gasteiger partial charge in [0.05, 0.1) is 19.1 Å². The van der Waals surface area contributed by atoms with E-state index in [-0.39, 0.29) is 55.4 Å². The van der Waals surface area contributed by atoms with Crippen molar-refractivity contribution in [1.82, 2.24) is 5.32 Å². The van der Waals surface area contributed by atoms with Gasteiger partial charge in [0, 0.05) is 6.42 Å². The van der Waals surface area contributed by atoms with Crippen molar-refractivity contribution in [1.29, 1.82) is 0 Å². The molecule has 1 N–H and O–H groups in total. The first-order valence-corrected chi connectivity index (χ1v) is 6.78. The molecule has 0 aliphatic heterocycles. The summed E-state index contributed by atoms with van der Waals surface area (Å²) in [6.45, 7) is 0.0363. The van der Waals surface area contributed by atoms with Crippen LogP contribution in [0.2, 0.25) is 0 Å². The van der Waals surface area contributed by atoms with Gasteiger partial charge in [-0.05, 0) is 18.4 Å². The number of hydrogen-bond donors (Lipinski definition) is 1. The Kier molecular flexibility index (Phi) is 11.1. The number of carboxylic acid groups (broad SMARTS) is 1. The van der Waals surface area contributed by atoms with Gasteiger partial charge in [0.1, 0.15) is 6.61 Å². The molecule has 1 atom stereocenters. The van der Waals surface area contributed by atoms with Crippen molar-refractivity contribution in [2.24, 2.45) is 0 Å². The number of esters is 1. The molecule has 0 aliphatic rings. The van der Waals surface area contributed by atoms with Gasteiger partial charge in [0.15, 0.2) is 0 Å². The summed E-state index contributed by atoms with van der Waals surface area (Å²) < 4.78 is 9.37. The monoisotopic (exact) mass is 331 g/mol. The van der Waals surface area contributed by atoms with Crippen LogP contribution in [-0.4, -0.2) is 31.2 Å². The summed E-state index contributed by atoms with van der Waals surface area (Å²) in [5, 5.41) is 13.2. The molecule has 0 fully saturated rings. The van der Waals surface area contributed by atoms with E-state index in [0.29, 0.717) is 0 Å². The Balaban J connectivity index is 0.00000484. The molecule has 1 aromatic rings. The van der Waals surface area contributed by atoms with Gasteiger partial charge >= 0.3 is 41.6 Å². The molecule has 8 heteroatoms. The molecule has 1 rings (SSSR count). The third-order valence-corrected chi connectivity index (χ3v) is 2.89. The number of carbonyl (C=O) groups excluding carboxylic acids is 3. The molecule has 120 valence electrons. The molecular weight excluding hydrogens is 313 g/mol. The maximum atomic E-state index is 11.6. The summed E-state index contributed by atoms with van der Waals surface area (Å²) in [6, 6.07) is 7.77. The SMILES string of the molecule is COC(=O)CCC[C@H](NC(=O)OCc1ccccc1)C(=O)[O-].[Na+]. The van der Waals surface area contributed by atoms with Crippen molar-refractivity contribution in [2.75, 3.05) is 7.11 Å². The minimum atomic E-state index is -1.43. The zero-order valence-corrected chi connectivity index (χ0v) is 15.2. The number of methoxy groups -OCH3 is 1. The van der Waals surface area contributed by atoms with Crippen LogP contribution in [0.1, 0.15) is 24.8 Å². The van der Waals surface area contributed by atoms with Crippen LogP contribution in [0.25, 0.3) is 0 Å². The Morgan fingerprint density at radius 3 is 2.43 bits per heavy atom. The zero-order chi connectivity index (χ0) is 16.4. The van der Waals surface area contributed by atoms with Crippen molar-refractivity contribution in [3.05, 3.63) is 35.9 Å². The molecule has 0 spiro atoms. The predicted molar refractivity (Wildman–Crippen MR) is 74.4 cm³/mol. The Morgan fingerprint density at radius 2 is 1.87 bits per heavy atom. The van der Waals surface area contributed by atoms with E-state index in [9.17, 15) is 19.5 Å². The maximum Gasteiger partial charge on any atom is 1.00 e. The molecule has 1 amide bonds. The minimum absolute atomic E-state index is 0. The first-order valence-electron chi connectivity index (χ1n) is 6.78. The first-order chi connectivity index (χ1) is 10.5. The number of ether oxygens (including phenoxy) is 2. The average molecular weight is 331 g/mol. The second-order valence-electron chi connectivity index (χ2n) is 4.55. The fourth-order valence-electron chi connectivity index (χ4n) is 1.71. The van der Waals surface area contributed by atoms with Crippen LogP contribution in [0.3, 0.4) is 0 Å². The molecule has 0 aromatic heterocycles. The van der Waals surface area contributed by atoms with E-state index < -0.39 is 24.1 Å². The first kappa shape index (κ1) is 21.4. The molecule has 23 heavy (non-hydrogen) atoms. The number of nitrogens with one attached hydrogen (secondary N) is 1. The third-order valence-electron chi connectivity index (χ3n) is 2.89. The van der Waals surface area contributed by atoms with E-state index in [1.807, 2.05) is 6.07 Å². The molecule has 0 saturated carbocycles. The molecule has 0 unspecified atom stereocenters. The van der Waals surface area contributed by atoms with Gasteiger partial charge in [-0.3, -0.25) is 4.79 Å². The van der Waals surface area contributed by atoms with Crippen LogP contribution in [0.4, 0.5) is 4.79 Å². The molecule has 7 nitrogen and oxygen atoms in total. The van der Waals surface area contributed by atoms with Crippen LogP contribution in [-0.2, 0) is 25.7 Å². The number of alkyl carbamates (subject to hydrolysis) is 1. The number of benzene rings is 1. The van der Waals surface area contributed by atoms with E-state index in [1.54, 1.807) is 24.3 Å². The summed E-state index contributed by atoms with van der Waals surface area (Å²) in [7, 11) is 1.25. The molecule has 0 radical (unpaired) electrons. The van der Waals surface area contributed by atoms with Gasteiger partial charge in [0.25, 0.3) is 0 Å². The second-order valence-corrected chi connectivity index (χ2v) is 4.55. The molecule has 0 aliphatic carbocycles. The Hall–Kier alpha value is -1.57. The van der Waals surface area contributed by atoms with Crippen molar-refractivity contribution in [3.8, 4) is 0 Å². The summed E-state index contributed by atoms with van der Waals surface area (Å²) in [6.07, 6.45) is -0.473. The second kappa shape index (κ2) is 11.9. The molecule has 0 bridgehead atoms. The topological polar surface area (TPSA) is 105 Å². The van der Waals surface area contributed by atoms with Crippen LogP contribution < -0.4 is 40.0 Å². The Labute approximate surface area is 156 Å².